The van der Waals surface area contributed by atoms with Crippen molar-refractivity contribution in [3.05, 3.63) is 34.7 Å². The highest BCUT2D eigenvalue weighted by Gasteiger charge is 2.05. The molecular weight excluding hydrogens is 224 g/mol. The van der Waals surface area contributed by atoms with Crippen molar-refractivity contribution in [2.75, 3.05) is 13.7 Å². The molecule has 1 aromatic heterocycles. The van der Waals surface area contributed by atoms with Crippen molar-refractivity contribution in [3.63, 3.8) is 0 Å². The van der Waals surface area contributed by atoms with E-state index in [-0.39, 0.29) is 36.9 Å². The van der Waals surface area contributed by atoms with Crippen LogP contribution >= 0.6 is 0 Å². The monoisotopic (exact) mass is 238 g/mol. The molecule has 6 heteroatoms. The van der Waals surface area contributed by atoms with Gasteiger partial charge in [0, 0.05) is 18.8 Å². The average Bonchev–Trinajstić information content (AvgIpc) is 2.32. The van der Waals surface area contributed by atoms with Crippen molar-refractivity contribution >= 4 is 11.9 Å². The van der Waals surface area contributed by atoms with Gasteiger partial charge in [-0.25, -0.2) is 0 Å². The van der Waals surface area contributed by atoms with Gasteiger partial charge in [-0.1, -0.05) is 6.07 Å². The van der Waals surface area contributed by atoms with Gasteiger partial charge in [0.05, 0.1) is 13.5 Å². The number of hydrogen-bond donors (Lipinski definition) is 1. The van der Waals surface area contributed by atoms with Gasteiger partial charge in [-0.2, -0.15) is 0 Å². The Morgan fingerprint density at radius 3 is 2.82 bits per heavy atom. The van der Waals surface area contributed by atoms with Crippen molar-refractivity contribution in [1.29, 1.82) is 0 Å². The molecule has 0 aromatic carbocycles. The molecule has 0 aliphatic rings. The zero-order valence-corrected chi connectivity index (χ0v) is 9.51. The quantitative estimate of drug-likeness (QED) is 0.703. The highest BCUT2D eigenvalue weighted by atomic mass is 16.5. The van der Waals surface area contributed by atoms with Crippen LogP contribution in [0.25, 0.3) is 0 Å². The van der Waals surface area contributed by atoms with Crippen LogP contribution in [0.2, 0.25) is 0 Å². The Labute approximate surface area is 98.2 Å². The average molecular weight is 238 g/mol. The van der Waals surface area contributed by atoms with Crippen LogP contribution in [-0.4, -0.2) is 30.1 Å². The lowest BCUT2D eigenvalue weighted by Gasteiger charge is -2.06. The maximum absolute atomic E-state index is 11.4. The second-order valence-electron chi connectivity index (χ2n) is 3.34. The molecule has 0 unspecified atom stereocenters. The predicted molar refractivity (Wildman–Crippen MR) is 60.3 cm³/mol. The van der Waals surface area contributed by atoms with Crippen LogP contribution < -0.4 is 10.9 Å². The number of methoxy groups -OCH3 is 1. The van der Waals surface area contributed by atoms with Gasteiger partial charge in [0.2, 0.25) is 5.91 Å². The molecule has 0 spiro atoms. The van der Waals surface area contributed by atoms with E-state index in [4.69, 9.17) is 0 Å². The van der Waals surface area contributed by atoms with Crippen LogP contribution in [0, 0.1) is 0 Å². The lowest BCUT2D eigenvalue weighted by Crippen LogP contribution is -2.33. The third-order valence-electron chi connectivity index (χ3n) is 2.09. The van der Waals surface area contributed by atoms with Crippen LogP contribution in [0.4, 0.5) is 0 Å². The lowest BCUT2D eigenvalue weighted by atomic mass is 10.4. The summed E-state index contributed by atoms with van der Waals surface area (Å²) >= 11 is 0. The van der Waals surface area contributed by atoms with E-state index in [0.29, 0.717) is 0 Å². The molecule has 92 valence electrons. The molecule has 0 saturated heterocycles. The number of aromatic nitrogens is 1. The highest BCUT2D eigenvalue weighted by molar-refractivity contribution is 5.76. The number of nitrogens with zero attached hydrogens (tertiary/aromatic N) is 1. The van der Waals surface area contributed by atoms with E-state index in [0.717, 1.165) is 0 Å². The Kier molecular flexibility index (Phi) is 4.93. The number of amides is 1. The van der Waals surface area contributed by atoms with Gasteiger partial charge < -0.3 is 14.6 Å². The Balaban J connectivity index is 2.38. The highest BCUT2D eigenvalue weighted by Crippen LogP contribution is 1.84. The molecule has 0 aliphatic heterocycles. The van der Waals surface area contributed by atoms with E-state index in [1.54, 1.807) is 12.1 Å². The Morgan fingerprint density at radius 1 is 1.41 bits per heavy atom. The predicted octanol–water partition coefficient (Wildman–Crippen LogP) is -0.472. The molecule has 1 rings (SSSR count). The smallest absolute Gasteiger partial charge is 0.307 e. The molecule has 0 fully saturated rings. The van der Waals surface area contributed by atoms with Crippen molar-refractivity contribution in [1.82, 2.24) is 9.88 Å². The Hall–Kier alpha value is -2.11. The number of carbonyl (C=O) groups excluding carboxylic acids is 2. The Morgan fingerprint density at radius 2 is 2.18 bits per heavy atom. The van der Waals surface area contributed by atoms with Gasteiger partial charge >= 0.3 is 5.97 Å². The molecule has 1 amide bonds. The number of rotatable bonds is 5. The number of hydrogen-bond acceptors (Lipinski definition) is 4. The van der Waals surface area contributed by atoms with Crippen LogP contribution in [0.3, 0.4) is 0 Å². The molecule has 1 heterocycles. The van der Waals surface area contributed by atoms with E-state index in [1.807, 2.05) is 0 Å². The number of pyridine rings is 1. The summed E-state index contributed by atoms with van der Waals surface area (Å²) in [5.74, 6) is -0.704. The number of ether oxygens (including phenoxy) is 1. The first-order valence-corrected chi connectivity index (χ1v) is 5.12. The summed E-state index contributed by atoms with van der Waals surface area (Å²) in [5, 5.41) is 2.52. The first-order chi connectivity index (χ1) is 8.13. The van der Waals surface area contributed by atoms with E-state index >= 15 is 0 Å². The molecule has 0 aliphatic carbocycles. The first-order valence-electron chi connectivity index (χ1n) is 5.12. The molecule has 0 bridgehead atoms. The fourth-order valence-electron chi connectivity index (χ4n) is 1.21. The zero-order chi connectivity index (χ0) is 12.7. The van der Waals surface area contributed by atoms with Gasteiger partial charge in [0.15, 0.2) is 0 Å². The van der Waals surface area contributed by atoms with E-state index < -0.39 is 0 Å². The summed E-state index contributed by atoms with van der Waals surface area (Å²) in [6.45, 7) is 0.147. The second-order valence-corrected chi connectivity index (χ2v) is 3.34. The third-order valence-corrected chi connectivity index (χ3v) is 2.09. The minimum atomic E-state index is -0.387. The number of esters is 1. The van der Waals surface area contributed by atoms with E-state index in [2.05, 4.69) is 10.1 Å². The molecular formula is C11H14N2O4. The number of carbonyl (C=O) groups is 2. The fraction of sp³-hybridized carbons (Fsp3) is 0.364. The standard InChI is InChI=1S/C11H14N2O4/c1-17-11(16)5-6-12-9(14)8-13-7-3-2-4-10(13)15/h2-4,7H,5-6,8H2,1H3,(H,12,14). The maximum atomic E-state index is 11.4. The van der Waals surface area contributed by atoms with E-state index in [9.17, 15) is 14.4 Å². The Bertz CT molecular complexity index is 453. The van der Waals surface area contributed by atoms with Gasteiger partial charge in [0.1, 0.15) is 6.54 Å². The normalized spacial score (nSPS) is 9.71. The molecule has 0 saturated carbocycles. The molecule has 1 N–H and O–H groups in total. The molecule has 0 radical (unpaired) electrons. The van der Waals surface area contributed by atoms with Crippen molar-refractivity contribution in [3.8, 4) is 0 Å². The molecule has 6 nitrogen and oxygen atoms in total. The summed E-state index contributed by atoms with van der Waals surface area (Å²) in [7, 11) is 1.29. The van der Waals surface area contributed by atoms with Crippen LogP contribution in [0.5, 0.6) is 0 Å². The van der Waals surface area contributed by atoms with Crippen LogP contribution in [0.15, 0.2) is 29.2 Å². The van der Waals surface area contributed by atoms with Crippen LogP contribution in [-0.2, 0) is 20.9 Å². The minimum Gasteiger partial charge on any atom is -0.469 e. The van der Waals surface area contributed by atoms with Crippen molar-refractivity contribution < 1.29 is 14.3 Å². The summed E-state index contributed by atoms with van der Waals surface area (Å²) in [6, 6.07) is 4.65. The third kappa shape index (κ3) is 4.50. The zero-order valence-electron chi connectivity index (χ0n) is 9.51. The maximum Gasteiger partial charge on any atom is 0.307 e. The summed E-state index contributed by atoms with van der Waals surface area (Å²) < 4.78 is 5.71. The van der Waals surface area contributed by atoms with Crippen molar-refractivity contribution in [2.24, 2.45) is 0 Å². The summed E-state index contributed by atoms with van der Waals surface area (Å²) in [5.41, 5.74) is -0.240. The second kappa shape index (κ2) is 6.47. The van der Waals surface area contributed by atoms with Gasteiger partial charge in [-0.15, -0.1) is 0 Å². The van der Waals surface area contributed by atoms with E-state index in [1.165, 1.54) is 23.9 Å². The minimum absolute atomic E-state index is 0.0547. The van der Waals surface area contributed by atoms with Crippen molar-refractivity contribution in [2.45, 2.75) is 13.0 Å². The SMILES string of the molecule is COC(=O)CCNC(=O)Cn1ccccc1=O. The fourth-order valence-corrected chi connectivity index (χ4v) is 1.21. The van der Waals surface area contributed by atoms with Crippen LogP contribution in [0.1, 0.15) is 6.42 Å². The summed E-state index contributed by atoms with van der Waals surface area (Å²) in [6.07, 6.45) is 1.65. The first kappa shape index (κ1) is 13.0. The lowest BCUT2D eigenvalue weighted by molar-refractivity contribution is -0.140. The molecule has 0 atom stereocenters. The largest absolute Gasteiger partial charge is 0.469 e. The molecule has 1 aromatic rings. The number of nitrogens with one attached hydrogen (secondary N) is 1. The molecule has 17 heavy (non-hydrogen) atoms. The summed E-state index contributed by atoms with van der Waals surface area (Å²) in [4.78, 5) is 33.5. The van der Waals surface area contributed by atoms with Gasteiger partial charge in [-0.3, -0.25) is 14.4 Å². The van der Waals surface area contributed by atoms with Gasteiger partial charge in [0.25, 0.3) is 5.56 Å². The topological polar surface area (TPSA) is 77.4 Å². The van der Waals surface area contributed by atoms with Gasteiger partial charge in [-0.05, 0) is 6.07 Å².